The van der Waals surface area contributed by atoms with Gasteiger partial charge in [-0.25, -0.2) is 0 Å². The highest BCUT2D eigenvalue weighted by Gasteiger charge is 2.08. The molecule has 0 unspecified atom stereocenters. The number of hydrogen-bond donors (Lipinski definition) is 0. The molecule has 4 rings (SSSR count). The second kappa shape index (κ2) is 11.1. The monoisotopic (exact) mass is 426 g/mol. The second-order valence-electron chi connectivity index (χ2n) is 7.18. The van der Waals surface area contributed by atoms with Crippen LogP contribution in [-0.4, -0.2) is 61.7 Å². The Hall–Kier alpha value is -2.18. The van der Waals surface area contributed by atoms with Gasteiger partial charge in [0.25, 0.3) is 0 Å². The van der Waals surface area contributed by atoms with Crippen molar-refractivity contribution in [2.45, 2.75) is 19.8 Å². The largest absolute Gasteiger partial charge is 0.360 e. The van der Waals surface area contributed by atoms with Crippen molar-refractivity contribution in [3.8, 4) is 0 Å². The lowest BCUT2D eigenvalue weighted by Crippen LogP contribution is -2.30. The number of rotatable bonds is 4. The maximum atomic E-state index is 4.50. The summed E-state index contributed by atoms with van der Waals surface area (Å²) in [7, 11) is 4.19. The number of amidine groups is 2. The minimum Gasteiger partial charge on any atom is -0.360 e. The number of aryl methyl sites for hydroxylation is 1. The molecule has 0 aliphatic carbocycles. The van der Waals surface area contributed by atoms with Crippen molar-refractivity contribution in [2.75, 3.05) is 40.3 Å². The molecule has 2 aliphatic rings. The molecular weight excluding hydrogens is 396 g/mol. The lowest BCUT2D eigenvalue weighted by atomic mass is 10.2. The van der Waals surface area contributed by atoms with E-state index in [1.807, 2.05) is 0 Å². The molecular formula is C23H30N4S2. The van der Waals surface area contributed by atoms with Gasteiger partial charge in [-0.3, -0.25) is 9.98 Å². The van der Waals surface area contributed by atoms with Crippen LogP contribution in [0.15, 0.2) is 51.1 Å². The highest BCUT2D eigenvalue weighted by molar-refractivity contribution is 7.11. The molecule has 29 heavy (non-hydrogen) atoms. The van der Waals surface area contributed by atoms with Crippen LogP contribution in [0.5, 0.6) is 0 Å². The molecule has 0 amide bonds. The van der Waals surface area contributed by atoms with Gasteiger partial charge in [0.2, 0.25) is 0 Å². The fourth-order valence-corrected chi connectivity index (χ4v) is 4.52. The lowest BCUT2D eigenvalue weighted by molar-refractivity contribution is 0.470. The summed E-state index contributed by atoms with van der Waals surface area (Å²) in [5.41, 5.74) is 1.34. The molecule has 0 fully saturated rings. The van der Waals surface area contributed by atoms with Crippen LogP contribution in [0.3, 0.4) is 0 Å². The summed E-state index contributed by atoms with van der Waals surface area (Å²) >= 11 is 3.53. The zero-order valence-corrected chi connectivity index (χ0v) is 19.2. The van der Waals surface area contributed by atoms with Crippen LogP contribution in [0.4, 0.5) is 0 Å². The summed E-state index contributed by atoms with van der Waals surface area (Å²) in [5, 5.41) is 4.22. The maximum absolute atomic E-state index is 4.50. The second-order valence-corrected chi connectivity index (χ2v) is 9.11. The summed E-state index contributed by atoms with van der Waals surface area (Å²) < 4.78 is 0. The van der Waals surface area contributed by atoms with Crippen molar-refractivity contribution in [2.24, 2.45) is 9.98 Å². The molecule has 2 aromatic heterocycles. The first-order valence-electron chi connectivity index (χ1n) is 10.1. The molecule has 4 nitrogen and oxygen atoms in total. The average Bonchev–Trinajstić information content (AvgIpc) is 3.39. The third-order valence-corrected chi connectivity index (χ3v) is 6.68. The van der Waals surface area contributed by atoms with Gasteiger partial charge < -0.3 is 9.80 Å². The summed E-state index contributed by atoms with van der Waals surface area (Å²) in [6, 6.07) is 6.33. The number of thiophene rings is 2. The van der Waals surface area contributed by atoms with Gasteiger partial charge >= 0.3 is 0 Å². The summed E-state index contributed by atoms with van der Waals surface area (Å²) in [6.45, 7) is 6.31. The van der Waals surface area contributed by atoms with Gasteiger partial charge in [0.15, 0.2) is 0 Å². The number of likely N-dealkylation sites (N-methyl/N-ethyl adjacent to an activating group) is 2. The van der Waals surface area contributed by atoms with Crippen LogP contribution in [0.1, 0.15) is 28.2 Å². The summed E-state index contributed by atoms with van der Waals surface area (Å²) in [4.78, 5) is 16.0. The molecule has 2 aliphatic heterocycles. The van der Waals surface area contributed by atoms with E-state index in [1.165, 1.54) is 28.2 Å². The number of aliphatic imine (C=N–C) groups is 2. The zero-order chi connectivity index (χ0) is 20.5. The topological polar surface area (TPSA) is 31.2 Å². The lowest BCUT2D eigenvalue weighted by Gasteiger charge is -2.22. The molecule has 4 heterocycles. The van der Waals surface area contributed by atoms with Gasteiger partial charge in [0.1, 0.15) is 11.7 Å². The Kier molecular flexibility index (Phi) is 8.25. The standard InChI is InChI=1S/C12H16N2S.C11H14N2S/c1-10-6-9-15-11(10)4-5-12-13-7-3-8-14(12)2;1-13-8-3-7-12-11(13)6-5-10-4-2-9-14-10/h4-6,9H,3,7-8H2,1-2H3;2,4-6,9H,3,7-8H2,1H3/b5-4+;6-5+. The van der Waals surface area contributed by atoms with Crippen LogP contribution in [0.25, 0.3) is 12.2 Å². The third kappa shape index (κ3) is 6.68. The van der Waals surface area contributed by atoms with E-state index in [0.29, 0.717) is 0 Å². The highest BCUT2D eigenvalue weighted by Crippen LogP contribution is 2.17. The quantitative estimate of drug-likeness (QED) is 0.664. The summed E-state index contributed by atoms with van der Waals surface area (Å²) in [5.74, 6) is 2.21. The van der Waals surface area contributed by atoms with E-state index in [2.05, 4.69) is 94.1 Å². The van der Waals surface area contributed by atoms with Crippen LogP contribution in [0, 0.1) is 6.92 Å². The zero-order valence-electron chi connectivity index (χ0n) is 17.5. The fourth-order valence-electron chi connectivity index (χ4n) is 3.08. The SMILES string of the molecule is CN1CCCN=C1/C=C/c1cccs1.Cc1ccsc1/C=C/C1=NCCCN1C. The average molecular weight is 427 g/mol. The molecule has 0 saturated heterocycles. The first kappa shape index (κ1) is 21.5. The molecule has 0 spiro atoms. The van der Waals surface area contributed by atoms with E-state index in [0.717, 1.165) is 37.9 Å². The van der Waals surface area contributed by atoms with Gasteiger partial charge in [0.05, 0.1) is 0 Å². The molecule has 2 aromatic rings. The van der Waals surface area contributed by atoms with Gasteiger partial charge in [-0.2, -0.15) is 0 Å². The van der Waals surface area contributed by atoms with Crippen molar-refractivity contribution >= 4 is 46.5 Å². The number of nitrogens with zero attached hydrogens (tertiary/aromatic N) is 4. The smallest absolute Gasteiger partial charge is 0.123 e. The van der Waals surface area contributed by atoms with E-state index in [-0.39, 0.29) is 0 Å². The minimum absolute atomic E-state index is 0.966. The minimum atomic E-state index is 0.966. The first-order valence-corrected chi connectivity index (χ1v) is 11.8. The van der Waals surface area contributed by atoms with E-state index < -0.39 is 0 Å². The molecule has 0 radical (unpaired) electrons. The molecule has 0 bridgehead atoms. The molecule has 154 valence electrons. The Morgan fingerprint density at radius 1 is 0.828 bits per heavy atom. The Balaban J connectivity index is 0.000000166. The third-order valence-electron chi connectivity index (χ3n) is 4.86. The predicted molar refractivity (Wildman–Crippen MR) is 131 cm³/mol. The molecule has 0 aromatic carbocycles. The van der Waals surface area contributed by atoms with Crippen LogP contribution in [-0.2, 0) is 0 Å². The Morgan fingerprint density at radius 3 is 2.00 bits per heavy atom. The van der Waals surface area contributed by atoms with Crippen LogP contribution >= 0.6 is 22.7 Å². The van der Waals surface area contributed by atoms with Gasteiger partial charge in [-0.05, 0) is 72.5 Å². The van der Waals surface area contributed by atoms with Gasteiger partial charge in [-0.15, -0.1) is 22.7 Å². The normalized spacial score (nSPS) is 17.3. The van der Waals surface area contributed by atoms with Crippen molar-refractivity contribution in [3.63, 3.8) is 0 Å². The van der Waals surface area contributed by atoms with Crippen molar-refractivity contribution < 1.29 is 0 Å². The Morgan fingerprint density at radius 2 is 1.48 bits per heavy atom. The molecule has 0 atom stereocenters. The van der Waals surface area contributed by atoms with Gasteiger partial charge in [0, 0.05) is 50.0 Å². The van der Waals surface area contributed by atoms with Crippen molar-refractivity contribution in [1.82, 2.24) is 9.80 Å². The van der Waals surface area contributed by atoms with E-state index in [9.17, 15) is 0 Å². The highest BCUT2D eigenvalue weighted by atomic mass is 32.1. The summed E-state index contributed by atoms with van der Waals surface area (Å²) in [6.07, 6.45) is 10.9. The fraction of sp³-hybridized carbons (Fsp3) is 0.391. The van der Waals surface area contributed by atoms with Crippen molar-refractivity contribution in [1.29, 1.82) is 0 Å². The van der Waals surface area contributed by atoms with Crippen LogP contribution < -0.4 is 0 Å². The van der Waals surface area contributed by atoms with Crippen LogP contribution in [0.2, 0.25) is 0 Å². The predicted octanol–water partition coefficient (Wildman–Crippen LogP) is 5.30. The van der Waals surface area contributed by atoms with E-state index in [1.54, 1.807) is 22.7 Å². The van der Waals surface area contributed by atoms with Crippen molar-refractivity contribution in [3.05, 3.63) is 56.4 Å². The molecule has 0 N–H and O–H groups in total. The van der Waals surface area contributed by atoms with E-state index in [4.69, 9.17) is 0 Å². The first-order chi connectivity index (χ1) is 14.1. The molecule has 0 saturated carbocycles. The maximum Gasteiger partial charge on any atom is 0.123 e. The molecule has 6 heteroatoms. The Bertz CT molecular complexity index is 875. The van der Waals surface area contributed by atoms with Gasteiger partial charge in [-0.1, -0.05) is 6.07 Å². The number of hydrogen-bond acceptors (Lipinski definition) is 6. The Labute approximate surface area is 182 Å². The van der Waals surface area contributed by atoms with E-state index >= 15 is 0 Å².